The lowest BCUT2D eigenvalue weighted by atomic mass is 9.96. The Bertz CT molecular complexity index is 529. The van der Waals surface area contributed by atoms with E-state index >= 15 is 0 Å². The summed E-state index contributed by atoms with van der Waals surface area (Å²) in [6.07, 6.45) is 0.980. The lowest BCUT2D eigenvalue weighted by molar-refractivity contribution is 0.593. The van der Waals surface area contributed by atoms with Crippen molar-refractivity contribution >= 4 is 22.9 Å². The summed E-state index contributed by atoms with van der Waals surface area (Å²) < 4.78 is 0. The Hall–Kier alpha value is -0.900. The van der Waals surface area contributed by atoms with Gasteiger partial charge in [-0.1, -0.05) is 30.7 Å². The van der Waals surface area contributed by atoms with Crippen LogP contribution in [0.2, 0.25) is 5.02 Å². The van der Waals surface area contributed by atoms with Crippen molar-refractivity contribution in [2.24, 2.45) is 0 Å². The number of likely N-dealkylation sites (N-methyl/N-ethyl adjacent to an activating group) is 1. The Balaban J connectivity index is 2.16. The number of hydrogen-bond acceptors (Lipinski definition) is 3. The molecule has 0 bridgehead atoms. The van der Waals surface area contributed by atoms with Crippen LogP contribution in [0, 0.1) is 13.8 Å². The number of thiazole rings is 1. The molecule has 1 N–H and O–H groups in total. The molecule has 0 radical (unpaired) electrons. The van der Waals surface area contributed by atoms with E-state index in [0.29, 0.717) is 5.92 Å². The first-order valence-electron chi connectivity index (χ1n) is 6.99. The smallest absolute Gasteiger partial charge is 0.0937 e. The van der Waals surface area contributed by atoms with Crippen molar-refractivity contribution in [3.63, 3.8) is 0 Å². The molecule has 1 atom stereocenters. The highest BCUT2D eigenvalue weighted by Gasteiger charge is 2.15. The molecule has 0 spiro atoms. The van der Waals surface area contributed by atoms with E-state index in [4.69, 9.17) is 11.6 Å². The molecule has 0 aliphatic heterocycles. The van der Waals surface area contributed by atoms with Gasteiger partial charge >= 0.3 is 0 Å². The third-order valence-electron chi connectivity index (χ3n) is 3.48. The number of nitrogens with one attached hydrogen (secondary N) is 1. The predicted molar refractivity (Wildman–Crippen MR) is 88.0 cm³/mol. The number of rotatable bonds is 6. The lowest BCUT2D eigenvalue weighted by Gasteiger charge is -2.16. The third-order valence-corrected chi connectivity index (χ3v) is 4.82. The number of halogens is 1. The third kappa shape index (κ3) is 4.05. The van der Waals surface area contributed by atoms with Gasteiger partial charge in [0.2, 0.25) is 0 Å². The predicted octanol–water partition coefficient (Wildman–Crippen LogP) is 4.35. The van der Waals surface area contributed by atoms with Gasteiger partial charge in [-0.05, 0) is 38.1 Å². The quantitative estimate of drug-likeness (QED) is 0.858. The molecule has 0 saturated heterocycles. The van der Waals surface area contributed by atoms with Gasteiger partial charge in [0.15, 0.2) is 0 Å². The van der Waals surface area contributed by atoms with Crippen molar-refractivity contribution in [3.8, 4) is 0 Å². The number of hydrogen-bond donors (Lipinski definition) is 1. The van der Waals surface area contributed by atoms with E-state index in [9.17, 15) is 0 Å². The number of aryl methyl sites for hydroxylation is 2. The van der Waals surface area contributed by atoms with Crippen molar-refractivity contribution in [2.75, 3.05) is 13.1 Å². The normalized spacial score (nSPS) is 12.6. The Kier molecular flexibility index (Phi) is 5.58. The standard InChI is InChI=1S/C16H21ClN2S/c1-4-18-10-14(13-5-7-15(17)8-6-13)9-16-19-11(2)12(3)20-16/h5-8,14,18H,4,9-10H2,1-3H3. The Morgan fingerprint density at radius 3 is 2.50 bits per heavy atom. The van der Waals surface area contributed by atoms with E-state index in [0.717, 1.165) is 30.2 Å². The van der Waals surface area contributed by atoms with E-state index in [1.165, 1.54) is 15.4 Å². The molecular weight excluding hydrogens is 288 g/mol. The molecule has 0 aliphatic rings. The second-order valence-corrected chi connectivity index (χ2v) is 6.73. The summed E-state index contributed by atoms with van der Waals surface area (Å²) in [6, 6.07) is 8.18. The van der Waals surface area contributed by atoms with Crippen LogP contribution in [-0.2, 0) is 6.42 Å². The van der Waals surface area contributed by atoms with Gasteiger partial charge in [-0.3, -0.25) is 0 Å². The minimum atomic E-state index is 0.442. The molecule has 0 amide bonds. The zero-order valence-electron chi connectivity index (χ0n) is 12.2. The van der Waals surface area contributed by atoms with E-state index < -0.39 is 0 Å². The van der Waals surface area contributed by atoms with Crippen LogP contribution in [0.15, 0.2) is 24.3 Å². The Morgan fingerprint density at radius 1 is 1.25 bits per heavy atom. The topological polar surface area (TPSA) is 24.9 Å². The van der Waals surface area contributed by atoms with Crippen molar-refractivity contribution in [3.05, 3.63) is 50.4 Å². The van der Waals surface area contributed by atoms with E-state index in [1.54, 1.807) is 0 Å². The highest BCUT2D eigenvalue weighted by molar-refractivity contribution is 7.11. The second-order valence-electron chi connectivity index (χ2n) is 5.01. The van der Waals surface area contributed by atoms with Gasteiger partial charge in [0, 0.05) is 28.8 Å². The molecular formula is C16H21ClN2S. The van der Waals surface area contributed by atoms with Gasteiger partial charge in [-0.25, -0.2) is 4.98 Å². The fraction of sp³-hybridized carbons (Fsp3) is 0.438. The summed E-state index contributed by atoms with van der Waals surface area (Å²) in [5.74, 6) is 0.442. The maximum atomic E-state index is 5.98. The van der Waals surface area contributed by atoms with Crippen molar-refractivity contribution < 1.29 is 0 Å². The second kappa shape index (κ2) is 7.21. The van der Waals surface area contributed by atoms with Gasteiger partial charge in [0.1, 0.15) is 0 Å². The highest BCUT2D eigenvalue weighted by Crippen LogP contribution is 2.25. The number of benzene rings is 1. The van der Waals surface area contributed by atoms with Gasteiger partial charge in [0.05, 0.1) is 10.7 Å². The summed E-state index contributed by atoms with van der Waals surface area (Å²) in [6.45, 7) is 8.31. The van der Waals surface area contributed by atoms with Gasteiger partial charge < -0.3 is 5.32 Å². The SMILES string of the molecule is CCNCC(Cc1nc(C)c(C)s1)c1ccc(Cl)cc1. The van der Waals surface area contributed by atoms with Gasteiger partial charge in [0.25, 0.3) is 0 Å². The van der Waals surface area contributed by atoms with Crippen LogP contribution in [0.4, 0.5) is 0 Å². The largest absolute Gasteiger partial charge is 0.316 e. The minimum Gasteiger partial charge on any atom is -0.316 e. The molecule has 20 heavy (non-hydrogen) atoms. The molecule has 1 unspecified atom stereocenters. The summed E-state index contributed by atoms with van der Waals surface area (Å²) in [5, 5.41) is 5.46. The molecule has 2 rings (SSSR count). The summed E-state index contributed by atoms with van der Waals surface area (Å²) >= 11 is 7.79. The molecule has 2 aromatic rings. The van der Waals surface area contributed by atoms with Gasteiger partial charge in [-0.2, -0.15) is 0 Å². The minimum absolute atomic E-state index is 0.442. The summed E-state index contributed by atoms with van der Waals surface area (Å²) in [5.41, 5.74) is 2.48. The molecule has 1 aromatic carbocycles. The number of nitrogens with zero attached hydrogens (tertiary/aromatic N) is 1. The number of aromatic nitrogens is 1. The van der Waals surface area contributed by atoms with E-state index in [2.05, 4.69) is 43.2 Å². The van der Waals surface area contributed by atoms with Crippen molar-refractivity contribution in [2.45, 2.75) is 33.1 Å². The van der Waals surface area contributed by atoms with Crippen LogP contribution in [-0.4, -0.2) is 18.1 Å². The molecule has 108 valence electrons. The summed E-state index contributed by atoms with van der Waals surface area (Å²) in [4.78, 5) is 5.98. The zero-order valence-corrected chi connectivity index (χ0v) is 13.8. The molecule has 2 nitrogen and oxygen atoms in total. The fourth-order valence-electron chi connectivity index (χ4n) is 2.20. The average Bonchev–Trinajstić information content (AvgIpc) is 2.74. The van der Waals surface area contributed by atoms with E-state index in [1.807, 2.05) is 23.5 Å². The van der Waals surface area contributed by atoms with Crippen LogP contribution in [0.1, 0.15) is 34.0 Å². The van der Waals surface area contributed by atoms with Crippen LogP contribution in [0.3, 0.4) is 0 Å². The Labute approximate surface area is 130 Å². The van der Waals surface area contributed by atoms with Crippen LogP contribution >= 0.6 is 22.9 Å². The first-order chi connectivity index (χ1) is 9.60. The maximum Gasteiger partial charge on any atom is 0.0937 e. The molecule has 4 heteroatoms. The monoisotopic (exact) mass is 308 g/mol. The van der Waals surface area contributed by atoms with Gasteiger partial charge in [-0.15, -0.1) is 11.3 Å². The molecule has 0 saturated carbocycles. The molecule has 0 aliphatic carbocycles. The lowest BCUT2D eigenvalue weighted by Crippen LogP contribution is -2.22. The Morgan fingerprint density at radius 2 is 1.95 bits per heavy atom. The van der Waals surface area contributed by atoms with Crippen LogP contribution < -0.4 is 5.32 Å². The highest BCUT2D eigenvalue weighted by atomic mass is 35.5. The van der Waals surface area contributed by atoms with Crippen molar-refractivity contribution in [1.29, 1.82) is 0 Å². The average molecular weight is 309 g/mol. The van der Waals surface area contributed by atoms with Crippen molar-refractivity contribution in [1.82, 2.24) is 10.3 Å². The van der Waals surface area contributed by atoms with Crippen LogP contribution in [0.25, 0.3) is 0 Å². The first-order valence-corrected chi connectivity index (χ1v) is 8.18. The molecule has 0 fully saturated rings. The summed E-state index contributed by atoms with van der Waals surface area (Å²) in [7, 11) is 0. The van der Waals surface area contributed by atoms with E-state index in [-0.39, 0.29) is 0 Å². The first kappa shape index (κ1) is 15.5. The fourth-order valence-corrected chi connectivity index (χ4v) is 3.34. The zero-order chi connectivity index (χ0) is 14.5. The van der Waals surface area contributed by atoms with Crippen LogP contribution in [0.5, 0.6) is 0 Å². The molecule has 1 aromatic heterocycles. The molecule has 1 heterocycles. The maximum absolute atomic E-state index is 5.98.